The number of rotatable bonds is 7. The predicted octanol–water partition coefficient (Wildman–Crippen LogP) is 2.26. The summed E-state index contributed by atoms with van der Waals surface area (Å²) in [6.45, 7) is 5.63. The molecule has 0 aromatic heterocycles. The highest BCUT2D eigenvalue weighted by Gasteiger charge is 2.41. The normalized spacial score (nSPS) is 16.9. The Labute approximate surface area is 110 Å². The molecule has 0 amide bonds. The van der Waals surface area contributed by atoms with E-state index in [1.807, 2.05) is 19.1 Å². The minimum atomic E-state index is 0.417. The molecule has 0 radical (unpaired) electrons. The van der Waals surface area contributed by atoms with Gasteiger partial charge in [0.05, 0.1) is 6.61 Å². The van der Waals surface area contributed by atoms with Gasteiger partial charge >= 0.3 is 0 Å². The molecule has 1 aromatic carbocycles. The lowest BCUT2D eigenvalue weighted by Gasteiger charge is -2.22. The minimum Gasteiger partial charge on any atom is -0.494 e. The Bertz CT molecular complexity index is 371. The van der Waals surface area contributed by atoms with Gasteiger partial charge in [0.25, 0.3) is 0 Å². The second kappa shape index (κ2) is 5.72. The Balaban J connectivity index is 1.85. The van der Waals surface area contributed by atoms with Crippen LogP contribution in [0.5, 0.6) is 5.75 Å². The molecule has 0 aliphatic heterocycles. The molecule has 0 atom stereocenters. The molecule has 0 bridgehead atoms. The molecule has 1 aromatic rings. The molecule has 1 aliphatic carbocycles. The molecule has 3 nitrogen and oxygen atoms in total. The first-order valence-electron chi connectivity index (χ1n) is 6.78. The summed E-state index contributed by atoms with van der Waals surface area (Å²) in [7, 11) is 2.17. The lowest BCUT2D eigenvalue weighted by Crippen LogP contribution is -2.31. The average molecular weight is 248 g/mol. The minimum absolute atomic E-state index is 0.417. The third-order valence-corrected chi connectivity index (χ3v) is 3.68. The first kappa shape index (κ1) is 13.4. The van der Waals surface area contributed by atoms with Gasteiger partial charge in [0.2, 0.25) is 0 Å². The summed E-state index contributed by atoms with van der Waals surface area (Å²) >= 11 is 0. The van der Waals surface area contributed by atoms with Gasteiger partial charge in [-0.15, -0.1) is 0 Å². The van der Waals surface area contributed by atoms with Gasteiger partial charge in [-0.1, -0.05) is 12.1 Å². The maximum atomic E-state index is 5.82. The van der Waals surface area contributed by atoms with Crippen molar-refractivity contribution in [3.8, 4) is 5.75 Å². The van der Waals surface area contributed by atoms with Crippen molar-refractivity contribution < 1.29 is 4.74 Å². The molecule has 0 unspecified atom stereocenters. The van der Waals surface area contributed by atoms with E-state index in [-0.39, 0.29) is 0 Å². The molecular weight excluding hydrogens is 224 g/mol. The highest BCUT2D eigenvalue weighted by Crippen LogP contribution is 2.45. The van der Waals surface area contributed by atoms with Gasteiger partial charge < -0.3 is 15.4 Å². The summed E-state index contributed by atoms with van der Waals surface area (Å²) in [4.78, 5) is 2.37. The van der Waals surface area contributed by atoms with E-state index in [0.29, 0.717) is 5.41 Å². The fourth-order valence-electron chi connectivity index (χ4n) is 2.40. The lowest BCUT2D eigenvalue weighted by molar-refractivity contribution is 0.259. The number of ether oxygens (including phenoxy) is 1. The predicted molar refractivity (Wildman–Crippen MR) is 74.7 cm³/mol. The lowest BCUT2D eigenvalue weighted by atomic mass is 10.1. The Kier molecular flexibility index (Phi) is 4.25. The largest absolute Gasteiger partial charge is 0.494 e. The Morgan fingerprint density at radius 2 is 1.94 bits per heavy atom. The first-order chi connectivity index (χ1) is 8.67. The molecule has 1 aliphatic rings. The maximum absolute atomic E-state index is 5.82. The highest BCUT2D eigenvalue weighted by molar-refractivity contribution is 5.27. The second-order valence-corrected chi connectivity index (χ2v) is 5.45. The van der Waals surface area contributed by atoms with Crippen molar-refractivity contribution in [2.75, 3.05) is 26.7 Å². The first-order valence-corrected chi connectivity index (χ1v) is 6.78. The van der Waals surface area contributed by atoms with E-state index >= 15 is 0 Å². The van der Waals surface area contributed by atoms with Crippen molar-refractivity contribution in [2.45, 2.75) is 26.3 Å². The number of hydrogen-bond donors (Lipinski definition) is 1. The third kappa shape index (κ3) is 3.47. The summed E-state index contributed by atoms with van der Waals surface area (Å²) in [5.74, 6) is 0.949. The van der Waals surface area contributed by atoms with Crippen molar-refractivity contribution in [3.05, 3.63) is 29.8 Å². The number of nitrogens with zero attached hydrogens (tertiary/aromatic N) is 1. The summed E-state index contributed by atoms with van der Waals surface area (Å²) < 4.78 is 5.44. The van der Waals surface area contributed by atoms with Crippen LogP contribution in [0.15, 0.2) is 24.3 Å². The van der Waals surface area contributed by atoms with Gasteiger partial charge in [0, 0.05) is 13.1 Å². The average Bonchev–Trinajstić information content (AvgIpc) is 3.12. The molecule has 0 spiro atoms. The van der Waals surface area contributed by atoms with Gasteiger partial charge in [-0.3, -0.25) is 0 Å². The smallest absolute Gasteiger partial charge is 0.119 e. The fraction of sp³-hybridized carbons (Fsp3) is 0.600. The van der Waals surface area contributed by atoms with Crippen LogP contribution in [0.4, 0.5) is 0 Å². The van der Waals surface area contributed by atoms with E-state index in [1.165, 1.54) is 18.4 Å². The van der Waals surface area contributed by atoms with Crippen LogP contribution < -0.4 is 10.5 Å². The van der Waals surface area contributed by atoms with Crippen molar-refractivity contribution >= 4 is 0 Å². The standard InChI is InChI=1S/C15H24N2O/c1-3-18-14-6-4-13(5-7-14)10-17(2)12-15(11-16)8-9-15/h4-7H,3,8-12,16H2,1-2H3. The van der Waals surface area contributed by atoms with E-state index in [2.05, 4.69) is 24.1 Å². The molecule has 18 heavy (non-hydrogen) atoms. The SMILES string of the molecule is CCOc1ccc(CN(C)CC2(CN)CC2)cc1. The molecule has 0 saturated heterocycles. The maximum Gasteiger partial charge on any atom is 0.119 e. The molecule has 100 valence electrons. The molecule has 2 rings (SSSR count). The van der Waals surface area contributed by atoms with Gasteiger partial charge in [-0.05, 0) is 56.5 Å². The molecule has 0 heterocycles. The van der Waals surface area contributed by atoms with Gasteiger partial charge in [0.1, 0.15) is 5.75 Å². The zero-order valence-corrected chi connectivity index (χ0v) is 11.5. The van der Waals surface area contributed by atoms with E-state index < -0.39 is 0 Å². The van der Waals surface area contributed by atoms with E-state index in [0.717, 1.165) is 32.0 Å². The van der Waals surface area contributed by atoms with Crippen molar-refractivity contribution in [2.24, 2.45) is 11.1 Å². The van der Waals surface area contributed by atoms with E-state index in [1.54, 1.807) is 0 Å². The van der Waals surface area contributed by atoms with Crippen molar-refractivity contribution in [1.29, 1.82) is 0 Å². The zero-order valence-electron chi connectivity index (χ0n) is 11.5. The van der Waals surface area contributed by atoms with E-state index in [9.17, 15) is 0 Å². The highest BCUT2D eigenvalue weighted by atomic mass is 16.5. The number of benzene rings is 1. The molecule has 1 saturated carbocycles. The molecule has 2 N–H and O–H groups in total. The van der Waals surface area contributed by atoms with Gasteiger partial charge in [-0.25, -0.2) is 0 Å². The van der Waals surface area contributed by atoms with Crippen LogP contribution >= 0.6 is 0 Å². The Morgan fingerprint density at radius 3 is 2.44 bits per heavy atom. The topological polar surface area (TPSA) is 38.5 Å². The number of hydrogen-bond acceptors (Lipinski definition) is 3. The zero-order chi connectivity index (χ0) is 13.0. The molecule has 3 heteroatoms. The van der Waals surface area contributed by atoms with Crippen LogP contribution in [0.3, 0.4) is 0 Å². The summed E-state index contributed by atoms with van der Waals surface area (Å²) in [5.41, 5.74) is 7.56. The van der Waals surface area contributed by atoms with Crippen LogP contribution in [0.1, 0.15) is 25.3 Å². The fourth-order valence-corrected chi connectivity index (χ4v) is 2.40. The van der Waals surface area contributed by atoms with E-state index in [4.69, 9.17) is 10.5 Å². The number of nitrogens with two attached hydrogens (primary N) is 1. The van der Waals surface area contributed by atoms with Gasteiger partial charge in [-0.2, -0.15) is 0 Å². The summed E-state index contributed by atoms with van der Waals surface area (Å²) in [5, 5.41) is 0. The van der Waals surface area contributed by atoms with Gasteiger partial charge in [0.15, 0.2) is 0 Å². The third-order valence-electron chi connectivity index (χ3n) is 3.68. The Morgan fingerprint density at radius 1 is 1.28 bits per heavy atom. The van der Waals surface area contributed by atoms with Crippen LogP contribution in [0.25, 0.3) is 0 Å². The van der Waals surface area contributed by atoms with Crippen molar-refractivity contribution in [3.63, 3.8) is 0 Å². The monoisotopic (exact) mass is 248 g/mol. The second-order valence-electron chi connectivity index (χ2n) is 5.45. The van der Waals surface area contributed by atoms with Crippen LogP contribution in [0, 0.1) is 5.41 Å². The quantitative estimate of drug-likeness (QED) is 0.804. The summed E-state index contributed by atoms with van der Waals surface area (Å²) in [6, 6.07) is 8.37. The van der Waals surface area contributed by atoms with Crippen LogP contribution in [0.2, 0.25) is 0 Å². The Hall–Kier alpha value is -1.06. The van der Waals surface area contributed by atoms with Crippen LogP contribution in [-0.4, -0.2) is 31.6 Å². The molecular formula is C15H24N2O. The molecule has 1 fully saturated rings. The van der Waals surface area contributed by atoms with Crippen molar-refractivity contribution in [1.82, 2.24) is 4.90 Å². The van der Waals surface area contributed by atoms with Crippen LogP contribution in [-0.2, 0) is 6.54 Å². The summed E-state index contributed by atoms with van der Waals surface area (Å²) in [6.07, 6.45) is 2.58.